The first-order valence-electron chi connectivity index (χ1n) is 8.82. The zero-order valence-corrected chi connectivity index (χ0v) is 14.1. The van der Waals surface area contributed by atoms with Crippen LogP contribution in [-0.4, -0.2) is 40.2 Å². The first kappa shape index (κ1) is 15.4. The van der Waals surface area contributed by atoms with Gasteiger partial charge in [-0.15, -0.1) is 0 Å². The summed E-state index contributed by atoms with van der Waals surface area (Å²) in [5, 5.41) is 4.32. The van der Waals surface area contributed by atoms with E-state index in [0.717, 1.165) is 45.0 Å². The van der Waals surface area contributed by atoms with E-state index in [9.17, 15) is 4.79 Å². The van der Waals surface area contributed by atoms with Crippen LogP contribution < -0.4 is 4.90 Å². The summed E-state index contributed by atoms with van der Waals surface area (Å²) in [6.07, 6.45) is 2.77. The number of rotatable bonds is 3. The zero-order chi connectivity index (χ0) is 16.5. The van der Waals surface area contributed by atoms with Crippen molar-refractivity contribution in [2.45, 2.75) is 26.4 Å². The Hall–Kier alpha value is -2.14. The first-order valence-corrected chi connectivity index (χ1v) is 8.82. The van der Waals surface area contributed by atoms with E-state index in [4.69, 9.17) is 0 Å². The van der Waals surface area contributed by atoms with Crippen LogP contribution in [0, 0.1) is 11.8 Å². The van der Waals surface area contributed by atoms with Crippen LogP contribution in [-0.2, 0) is 17.9 Å². The number of anilines is 1. The van der Waals surface area contributed by atoms with E-state index in [0.29, 0.717) is 5.92 Å². The molecule has 1 fully saturated rings. The highest BCUT2D eigenvalue weighted by Crippen LogP contribution is 2.29. The van der Waals surface area contributed by atoms with Gasteiger partial charge < -0.3 is 0 Å². The monoisotopic (exact) mass is 324 g/mol. The molecule has 2 aliphatic rings. The van der Waals surface area contributed by atoms with Gasteiger partial charge in [-0.25, -0.2) is 4.68 Å². The van der Waals surface area contributed by atoms with Crippen molar-refractivity contribution in [3.63, 3.8) is 0 Å². The fraction of sp³-hybridized carbons (Fsp3) is 0.474. The van der Waals surface area contributed by atoms with E-state index in [1.54, 1.807) is 6.20 Å². The molecule has 2 aromatic rings. The first-order chi connectivity index (χ1) is 11.7. The molecule has 0 radical (unpaired) electrons. The van der Waals surface area contributed by atoms with Crippen LogP contribution in [0.4, 0.5) is 5.82 Å². The minimum atomic E-state index is 0.0789. The van der Waals surface area contributed by atoms with Crippen molar-refractivity contribution in [2.24, 2.45) is 11.8 Å². The summed E-state index contributed by atoms with van der Waals surface area (Å²) in [6, 6.07) is 12.5. The molecule has 1 saturated heterocycles. The zero-order valence-electron chi connectivity index (χ0n) is 14.1. The third-order valence-corrected chi connectivity index (χ3v) is 5.24. The molecule has 126 valence electrons. The molecule has 5 nitrogen and oxygen atoms in total. The minimum Gasteiger partial charge on any atom is -0.298 e. The molecule has 0 N–H and O–H groups in total. The molecule has 0 bridgehead atoms. The maximum Gasteiger partial charge on any atom is 0.232 e. The molecule has 2 aliphatic heterocycles. The summed E-state index contributed by atoms with van der Waals surface area (Å²) >= 11 is 0. The van der Waals surface area contributed by atoms with Gasteiger partial charge in [0.2, 0.25) is 5.91 Å². The van der Waals surface area contributed by atoms with E-state index in [1.807, 2.05) is 21.7 Å². The lowest BCUT2D eigenvalue weighted by Crippen LogP contribution is -2.43. The number of nitrogens with zero attached hydrogens (tertiary/aromatic N) is 4. The van der Waals surface area contributed by atoms with Crippen molar-refractivity contribution in [1.82, 2.24) is 14.7 Å². The molecule has 4 rings (SSSR count). The number of hydrogen-bond donors (Lipinski definition) is 0. The molecule has 1 aromatic heterocycles. The van der Waals surface area contributed by atoms with Gasteiger partial charge in [0.1, 0.15) is 5.82 Å². The number of aromatic nitrogens is 2. The predicted octanol–water partition coefficient (Wildman–Crippen LogP) is 2.39. The molecule has 0 saturated carbocycles. The number of likely N-dealkylation sites (tertiary alicyclic amines) is 1. The second kappa shape index (κ2) is 6.40. The largest absolute Gasteiger partial charge is 0.298 e. The Labute approximate surface area is 142 Å². The molecule has 2 atom stereocenters. The van der Waals surface area contributed by atoms with Gasteiger partial charge >= 0.3 is 0 Å². The van der Waals surface area contributed by atoms with E-state index >= 15 is 0 Å². The SMILES string of the molecule is C[C@@H]1CN(Cc2ccccc2)C[C@H]1C(=O)N1CCCn2nccc21. The Morgan fingerprint density at radius 1 is 1.17 bits per heavy atom. The molecule has 3 heterocycles. The van der Waals surface area contributed by atoms with Crippen molar-refractivity contribution >= 4 is 11.7 Å². The number of fused-ring (bicyclic) bond motifs is 1. The number of carbonyl (C=O) groups excluding carboxylic acids is 1. The highest BCUT2D eigenvalue weighted by Gasteiger charge is 2.38. The highest BCUT2D eigenvalue weighted by atomic mass is 16.2. The summed E-state index contributed by atoms with van der Waals surface area (Å²) in [5.41, 5.74) is 1.31. The van der Waals surface area contributed by atoms with Gasteiger partial charge in [-0.05, 0) is 17.9 Å². The Bertz CT molecular complexity index is 711. The number of carbonyl (C=O) groups is 1. The van der Waals surface area contributed by atoms with Crippen LogP contribution in [0.1, 0.15) is 18.9 Å². The Morgan fingerprint density at radius 3 is 2.83 bits per heavy atom. The normalized spacial score (nSPS) is 24.1. The maximum atomic E-state index is 13.1. The van der Waals surface area contributed by atoms with Gasteiger partial charge in [0, 0.05) is 38.8 Å². The molecule has 1 aromatic carbocycles. The maximum absolute atomic E-state index is 13.1. The second-order valence-corrected chi connectivity index (χ2v) is 7.02. The molecule has 1 amide bonds. The van der Waals surface area contributed by atoms with Crippen LogP contribution in [0.15, 0.2) is 42.6 Å². The van der Waals surface area contributed by atoms with Crippen LogP contribution in [0.2, 0.25) is 0 Å². The van der Waals surface area contributed by atoms with Crippen LogP contribution in [0.3, 0.4) is 0 Å². The van der Waals surface area contributed by atoms with E-state index < -0.39 is 0 Å². The van der Waals surface area contributed by atoms with Crippen LogP contribution >= 0.6 is 0 Å². The summed E-state index contributed by atoms with van der Waals surface area (Å²) in [6.45, 7) is 6.68. The van der Waals surface area contributed by atoms with E-state index in [2.05, 4.69) is 41.2 Å². The van der Waals surface area contributed by atoms with Crippen molar-refractivity contribution in [1.29, 1.82) is 0 Å². The average molecular weight is 324 g/mol. The highest BCUT2D eigenvalue weighted by molar-refractivity contribution is 5.95. The Morgan fingerprint density at radius 2 is 2.00 bits per heavy atom. The summed E-state index contributed by atoms with van der Waals surface area (Å²) < 4.78 is 1.95. The third kappa shape index (κ3) is 2.84. The van der Waals surface area contributed by atoms with Crippen molar-refractivity contribution in [2.75, 3.05) is 24.5 Å². The number of benzene rings is 1. The summed E-state index contributed by atoms with van der Waals surface area (Å²) in [7, 11) is 0. The van der Waals surface area contributed by atoms with Gasteiger partial charge in [-0.2, -0.15) is 5.10 Å². The standard InChI is InChI=1S/C19H24N4O/c1-15-12-21(13-16-6-3-2-4-7-16)14-17(15)19(24)22-10-5-11-23-18(22)8-9-20-23/h2-4,6-9,15,17H,5,10-14H2,1H3/t15-,17-/m1/s1. The van der Waals surface area contributed by atoms with Gasteiger partial charge in [0.05, 0.1) is 12.1 Å². The lowest BCUT2D eigenvalue weighted by atomic mass is 9.96. The topological polar surface area (TPSA) is 41.4 Å². The molecular weight excluding hydrogens is 300 g/mol. The van der Waals surface area contributed by atoms with Crippen LogP contribution in [0.25, 0.3) is 0 Å². The number of hydrogen-bond acceptors (Lipinski definition) is 3. The predicted molar refractivity (Wildman–Crippen MR) is 93.6 cm³/mol. The van der Waals surface area contributed by atoms with Gasteiger partial charge in [0.25, 0.3) is 0 Å². The van der Waals surface area contributed by atoms with Gasteiger partial charge in [0.15, 0.2) is 0 Å². The Balaban J connectivity index is 1.46. The summed E-state index contributed by atoms with van der Waals surface area (Å²) in [4.78, 5) is 17.5. The molecule has 5 heteroatoms. The molecule has 0 spiro atoms. The van der Waals surface area contributed by atoms with Gasteiger partial charge in [-0.1, -0.05) is 37.3 Å². The minimum absolute atomic E-state index is 0.0789. The fourth-order valence-electron chi connectivity index (χ4n) is 4.00. The Kier molecular flexibility index (Phi) is 4.10. The molecule has 0 unspecified atom stereocenters. The molecule has 0 aliphatic carbocycles. The van der Waals surface area contributed by atoms with Gasteiger partial charge in [-0.3, -0.25) is 14.6 Å². The lowest BCUT2D eigenvalue weighted by Gasteiger charge is -2.30. The van der Waals surface area contributed by atoms with E-state index in [-0.39, 0.29) is 11.8 Å². The van der Waals surface area contributed by atoms with E-state index in [1.165, 1.54) is 5.56 Å². The fourth-order valence-corrected chi connectivity index (χ4v) is 4.00. The lowest BCUT2D eigenvalue weighted by molar-refractivity contribution is -0.123. The van der Waals surface area contributed by atoms with Crippen molar-refractivity contribution in [3.05, 3.63) is 48.2 Å². The third-order valence-electron chi connectivity index (χ3n) is 5.24. The average Bonchev–Trinajstić information content (AvgIpc) is 3.21. The quantitative estimate of drug-likeness (QED) is 0.870. The van der Waals surface area contributed by atoms with Crippen molar-refractivity contribution in [3.8, 4) is 0 Å². The second-order valence-electron chi connectivity index (χ2n) is 7.02. The molecule has 24 heavy (non-hydrogen) atoms. The number of aryl methyl sites for hydroxylation is 1. The summed E-state index contributed by atoms with van der Waals surface area (Å²) in [5.74, 6) is 1.69. The van der Waals surface area contributed by atoms with Crippen molar-refractivity contribution < 1.29 is 4.79 Å². The smallest absolute Gasteiger partial charge is 0.232 e. The van der Waals surface area contributed by atoms with Crippen LogP contribution in [0.5, 0.6) is 0 Å². The molecular formula is C19H24N4O. The number of amides is 1.